The maximum absolute atomic E-state index is 12.2. The summed E-state index contributed by atoms with van der Waals surface area (Å²) in [6.07, 6.45) is 0. The summed E-state index contributed by atoms with van der Waals surface area (Å²) in [6.45, 7) is 0. The summed E-state index contributed by atoms with van der Waals surface area (Å²) in [7, 11) is 0. The number of rotatable bonds is 3. The molecule has 128 valence electrons. The standard InChI is InChI=1S/C21H16ClN3O/c22-16-8-10-17(11-9-16)23-21(26)24-18-6-3-5-14(12-18)20-13-15-4-1-2-7-19(15)25-20/h1-13,25H,(H2,23,24,26). The molecule has 0 aliphatic heterocycles. The molecule has 0 fully saturated rings. The van der Waals surface area contributed by atoms with Gasteiger partial charge in [0.05, 0.1) is 0 Å². The third-order valence-electron chi connectivity index (χ3n) is 4.06. The molecule has 4 aromatic rings. The van der Waals surface area contributed by atoms with Crippen LogP contribution >= 0.6 is 11.6 Å². The van der Waals surface area contributed by atoms with Crippen LogP contribution < -0.4 is 10.6 Å². The van der Waals surface area contributed by atoms with Gasteiger partial charge in [-0.1, -0.05) is 41.9 Å². The second-order valence-electron chi connectivity index (χ2n) is 5.94. The largest absolute Gasteiger partial charge is 0.355 e. The van der Waals surface area contributed by atoms with Crippen molar-refractivity contribution in [3.8, 4) is 11.3 Å². The summed E-state index contributed by atoms with van der Waals surface area (Å²) in [4.78, 5) is 15.6. The first-order valence-electron chi connectivity index (χ1n) is 8.19. The number of halogens is 1. The molecule has 0 saturated heterocycles. The molecule has 0 spiro atoms. The first kappa shape index (κ1) is 16.2. The van der Waals surface area contributed by atoms with E-state index >= 15 is 0 Å². The van der Waals surface area contributed by atoms with E-state index in [0.29, 0.717) is 16.4 Å². The zero-order chi connectivity index (χ0) is 17.9. The van der Waals surface area contributed by atoms with Crippen LogP contribution in [-0.4, -0.2) is 11.0 Å². The number of hydrogen-bond acceptors (Lipinski definition) is 1. The van der Waals surface area contributed by atoms with E-state index in [-0.39, 0.29) is 6.03 Å². The molecule has 0 radical (unpaired) electrons. The van der Waals surface area contributed by atoms with Crippen LogP contribution in [0.5, 0.6) is 0 Å². The minimum absolute atomic E-state index is 0.305. The van der Waals surface area contributed by atoms with Gasteiger partial charge in [0.2, 0.25) is 0 Å². The van der Waals surface area contributed by atoms with E-state index in [9.17, 15) is 4.79 Å². The van der Waals surface area contributed by atoms with Crippen LogP contribution in [0.15, 0.2) is 78.9 Å². The first-order chi connectivity index (χ1) is 12.7. The Labute approximate surface area is 155 Å². The summed E-state index contributed by atoms with van der Waals surface area (Å²) in [6, 6.07) is 24.6. The van der Waals surface area contributed by atoms with Gasteiger partial charge in [0.15, 0.2) is 0 Å². The number of aromatic nitrogens is 1. The molecule has 2 amide bonds. The van der Waals surface area contributed by atoms with Gasteiger partial charge in [0.25, 0.3) is 0 Å². The molecule has 0 atom stereocenters. The SMILES string of the molecule is O=C(Nc1ccc(Cl)cc1)Nc1cccc(-c2cc3ccccc3[nH]2)c1. The van der Waals surface area contributed by atoms with Crippen LogP contribution in [0.4, 0.5) is 16.2 Å². The number of fused-ring (bicyclic) bond motifs is 1. The second-order valence-corrected chi connectivity index (χ2v) is 6.37. The van der Waals surface area contributed by atoms with Crippen molar-refractivity contribution in [1.29, 1.82) is 0 Å². The van der Waals surface area contributed by atoms with Gasteiger partial charge < -0.3 is 15.6 Å². The fourth-order valence-electron chi connectivity index (χ4n) is 2.82. The van der Waals surface area contributed by atoms with Crippen LogP contribution in [0.3, 0.4) is 0 Å². The fourth-order valence-corrected chi connectivity index (χ4v) is 2.95. The average molecular weight is 362 g/mol. The van der Waals surface area contributed by atoms with Crippen molar-refractivity contribution in [2.24, 2.45) is 0 Å². The summed E-state index contributed by atoms with van der Waals surface area (Å²) in [5.41, 5.74) is 4.49. The van der Waals surface area contributed by atoms with Gasteiger partial charge in [-0.3, -0.25) is 0 Å². The van der Waals surface area contributed by atoms with Gasteiger partial charge in [-0.15, -0.1) is 0 Å². The molecule has 0 saturated carbocycles. The smallest absolute Gasteiger partial charge is 0.323 e. The number of amides is 2. The molecule has 0 aliphatic carbocycles. The van der Waals surface area contributed by atoms with Crippen molar-refractivity contribution in [1.82, 2.24) is 4.98 Å². The van der Waals surface area contributed by atoms with E-state index in [1.54, 1.807) is 24.3 Å². The number of urea groups is 1. The fraction of sp³-hybridized carbons (Fsp3) is 0. The molecule has 3 N–H and O–H groups in total. The highest BCUT2D eigenvalue weighted by Crippen LogP contribution is 2.26. The molecule has 1 heterocycles. The molecule has 1 aromatic heterocycles. The molecule has 3 aromatic carbocycles. The van der Waals surface area contributed by atoms with E-state index in [2.05, 4.69) is 27.8 Å². The van der Waals surface area contributed by atoms with Crippen molar-refractivity contribution in [3.05, 3.63) is 83.9 Å². The highest BCUT2D eigenvalue weighted by Gasteiger charge is 2.06. The Hall–Kier alpha value is -3.24. The van der Waals surface area contributed by atoms with Crippen molar-refractivity contribution in [3.63, 3.8) is 0 Å². The lowest BCUT2D eigenvalue weighted by Crippen LogP contribution is -2.19. The van der Waals surface area contributed by atoms with Gasteiger partial charge in [-0.2, -0.15) is 0 Å². The maximum atomic E-state index is 12.2. The number of nitrogens with one attached hydrogen (secondary N) is 3. The summed E-state index contributed by atoms with van der Waals surface area (Å²) in [5.74, 6) is 0. The number of H-pyrrole nitrogens is 1. The predicted molar refractivity (Wildman–Crippen MR) is 108 cm³/mol. The van der Waals surface area contributed by atoms with E-state index in [1.807, 2.05) is 42.5 Å². The van der Waals surface area contributed by atoms with Crippen LogP contribution in [0.2, 0.25) is 5.02 Å². The Balaban J connectivity index is 1.51. The maximum Gasteiger partial charge on any atom is 0.323 e. The number of para-hydroxylation sites is 1. The highest BCUT2D eigenvalue weighted by molar-refractivity contribution is 6.30. The highest BCUT2D eigenvalue weighted by atomic mass is 35.5. The lowest BCUT2D eigenvalue weighted by Gasteiger charge is -2.09. The Bertz CT molecular complexity index is 1040. The van der Waals surface area contributed by atoms with Crippen molar-refractivity contribution >= 4 is 39.9 Å². The van der Waals surface area contributed by atoms with Crippen molar-refractivity contribution in [2.75, 3.05) is 10.6 Å². The summed E-state index contributed by atoms with van der Waals surface area (Å²) < 4.78 is 0. The second kappa shape index (κ2) is 6.94. The van der Waals surface area contributed by atoms with Gasteiger partial charge in [-0.05, 0) is 48.5 Å². The van der Waals surface area contributed by atoms with Gasteiger partial charge in [0, 0.05) is 38.6 Å². The molecular weight excluding hydrogens is 346 g/mol. The van der Waals surface area contributed by atoms with E-state index in [4.69, 9.17) is 11.6 Å². The average Bonchev–Trinajstić information content (AvgIpc) is 3.08. The number of anilines is 2. The lowest BCUT2D eigenvalue weighted by atomic mass is 10.1. The monoisotopic (exact) mass is 361 g/mol. The number of carbonyl (C=O) groups excluding carboxylic acids is 1. The zero-order valence-electron chi connectivity index (χ0n) is 13.8. The van der Waals surface area contributed by atoms with Gasteiger partial charge >= 0.3 is 6.03 Å². The van der Waals surface area contributed by atoms with E-state index < -0.39 is 0 Å². The number of carbonyl (C=O) groups is 1. The third kappa shape index (κ3) is 3.55. The Morgan fingerprint density at radius 3 is 2.38 bits per heavy atom. The summed E-state index contributed by atoms with van der Waals surface area (Å²) in [5, 5.41) is 7.41. The van der Waals surface area contributed by atoms with Crippen LogP contribution in [-0.2, 0) is 0 Å². The Morgan fingerprint density at radius 1 is 0.808 bits per heavy atom. The number of aromatic amines is 1. The Morgan fingerprint density at radius 2 is 1.58 bits per heavy atom. The first-order valence-corrected chi connectivity index (χ1v) is 8.57. The normalized spacial score (nSPS) is 10.7. The minimum atomic E-state index is -0.305. The molecule has 5 heteroatoms. The van der Waals surface area contributed by atoms with Crippen LogP contribution in [0.25, 0.3) is 22.2 Å². The molecule has 4 nitrogen and oxygen atoms in total. The number of benzene rings is 3. The van der Waals surface area contributed by atoms with Gasteiger partial charge in [0.1, 0.15) is 0 Å². The van der Waals surface area contributed by atoms with E-state index in [0.717, 1.165) is 22.2 Å². The van der Waals surface area contributed by atoms with Crippen LogP contribution in [0.1, 0.15) is 0 Å². The lowest BCUT2D eigenvalue weighted by molar-refractivity contribution is 0.262. The Kier molecular flexibility index (Phi) is 4.33. The third-order valence-corrected chi connectivity index (χ3v) is 4.32. The molecule has 0 bridgehead atoms. The van der Waals surface area contributed by atoms with E-state index in [1.165, 1.54) is 0 Å². The summed E-state index contributed by atoms with van der Waals surface area (Å²) >= 11 is 5.85. The topological polar surface area (TPSA) is 56.9 Å². The minimum Gasteiger partial charge on any atom is -0.355 e. The predicted octanol–water partition coefficient (Wildman–Crippen LogP) is 6.13. The quantitative estimate of drug-likeness (QED) is 0.403. The molecular formula is C21H16ClN3O. The molecule has 4 rings (SSSR count). The zero-order valence-corrected chi connectivity index (χ0v) is 14.5. The van der Waals surface area contributed by atoms with Crippen molar-refractivity contribution < 1.29 is 4.79 Å². The molecule has 0 aliphatic rings. The van der Waals surface area contributed by atoms with Crippen molar-refractivity contribution in [2.45, 2.75) is 0 Å². The molecule has 26 heavy (non-hydrogen) atoms. The number of hydrogen-bond donors (Lipinski definition) is 3. The van der Waals surface area contributed by atoms with Crippen LogP contribution in [0, 0.1) is 0 Å². The molecule has 0 unspecified atom stereocenters. The van der Waals surface area contributed by atoms with Gasteiger partial charge in [-0.25, -0.2) is 4.79 Å².